The van der Waals surface area contributed by atoms with Crippen LogP contribution in [0.5, 0.6) is 0 Å². The predicted octanol–water partition coefficient (Wildman–Crippen LogP) is 0.750. The number of carbonyl (C=O) groups excluding carboxylic acids is 1. The molecule has 0 radical (unpaired) electrons. The van der Waals surface area contributed by atoms with Gasteiger partial charge in [0.15, 0.2) is 9.84 Å². The lowest BCUT2D eigenvalue weighted by Gasteiger charge is -2.35. The minimum atomic E-state index is -3.09. The molecule has 1 N–H and O–H groups in total. The van der Waals surface area contributed by atoms with Gasteiger partial charge in [0.2, 0.25) is 5.91 Å². The van der Waals surface area contributed by atoms with Crippen molar-refractivity contribution >= 4 is 15.7 Å². The van der Waals surface area contributed by atoms with Gasteiger partial charge in [-0.3, -0.25) is 9.69 Å². The van der Waals surface area contributed by atoms with Gasteiger partial charge in [0.25, 0.3) is 0 Å². The number of hydrogen-bond donors (Lipinski definition) is 1. The Bertz CT molecular complexity index is 719. The normalized spacial score (nSPS) is 24.8. The number of rotatable bonds is 5. The molecule has 6 nitrogen and oxygen atoms in total. The molecule has 25 heavy (non-hydrogen) atoms. The van der Waals surface area contributed by atoms with Crippen LogP contribution in [-0.2, 0) is 19.4 Å². The number of halogens is 1. The van der Waals surface area contributed by atoms with Crippen molar-refractivity contribution in [3.63, 3.8) is 0 Å². The number of nitrogens with one attached hydrogen (secondary N) is 1. The van der Waals surface area contributed by atoms with Crippen LogP contribution in [0.4, 0.5) is 4.39 Å². The van der Waals surface area contributed by atoms with Gasteiger partial charge in [-0.15, -0.1) is 0 Å². The fourth-order valence-corrected chi connectivity index (χ4v) is 5.15. The van der Waals surface area contributed by atoms with Crippen molar-refractivity contribution in [3.05, 3.63) is 35.6 Å². The largest absolute Gasteiger partial charge is 0.379 e. The third kappa shape index (κ3) is 4.77. The molecular formula is C17H23FN2O4S. The standard InChI is InChI=1S/C17H23FN2O4S/c18-15-3-1-2-13(10-15)16(20-5-7-24-8-6-20)11-19-17(21)14-4-9-25(22,23)12-14/h1-3,10,14,16H,4-9,11-12H2,(H,19,21). The minimum absolute atomic E-state index is 0.0713. The monoisotopic (exact) mass is 370 g/mol. The first-order valence-corrected chi connectivity index (χ1v) is 10.3. The number of carbonyl (C=O) groups is 1. The number of nitrogens with zero attached hydrogens (tertiary/aromatic N) is 1. The van der Waals surface area contributed by atoms with Crippen LogP contribution in [0, 0.1) is 11.7 Å². The summed E-state index contributed by atoms with van der Waals surface area (Å²) in [5.74, 6) is -1.05. The highest BCUT2D eigenvalue weighted by Gasteiger charge is 2.33. The van der Waals surface area contributed by atoms with E-state index < -0.39 is 15.8 Å². The Morgan fingerprint density at radius 2 is 2.12 bits per heavy atom. The fraction of sp³-hybridized carbons (Fsp3) is 0.588. The summed E-state index contributed by atoms with van der Waals surface area (Å²) in [4.78, 5) is 14.5. The summed E-state index contributed by atoms with van der Waals surface area (Å²) in [6.07, 6.45) is 0.371. The molecule has 1 aromatic rings. The molecule has 2 aliphatic rings. The highest BCUT2D eigenvalue weighted by Crippen LogP contribution is 2.23. The first-order chi connectivity index (χ1) is 11.9. The molecule has 138 valence electrons. The van der Waals surface area contributed by atoms with Gasteiger partial charge in [-0.05, 0) is 24.1 Å². The predicted molar refractivity (Wildman–Crippen MR) is 91.3 cm³/mol. The molecule has 2 unspecified atom stereocenters. The summed E-state index contributed by atoms with van der Waals surface area (Å²) in [6, 6.07) is 6.20. The molecule has 1 amide bonds. The average molecular weight is 370 g/mol. The second-order valence-corrected chi connectivity index (χ2v) is 8.79. The molecule has 2 saturated heterocycles. The molecule has 2 fully saturated rings. The van der Waals surface area contributed by atoms with Crippen LogP contribution in [0.3, 0.4) is 0 Å². The topological polar surface area (TPSA) is 75.7 Å². The molecule has 1 aromatic carbocycles. The lowest BCUT2D eigenvalue weighted by atomic mass is 10.0. The van der Waals surface area contributed by atoms with Gasteiger partial charge >= 0.3 is 0 Å². The summed E-state index contributed by atoms with van der Waals surface area (Å²) in [5.41, 5.74) is 0.793. The zero-order chi connectivity index (χ0) is 17.9. The fourth-order valence-electron chi connectivity index (χ4n) is 3.40. The Morgan fingerprint density at radius 3 is 2.76 bits per heavy atom. The summed E-state index contributed by atoms with van der Waals surface area (Å²) < 4.78 is 42.1. The second-order valence-electron chi connectivity index (χ2n) is 6.56. The van der Waals surface area contributed by atoms with Crippen molar-refractivity contribution in [2.24, 2.45) is 5.92 Å². The summed E-state index contributed by atoms with van der Waals surface area (Å²) in [5, 5.41) is 2.87. The number of benzene rings is 1. The molecule has 0 aliphatic carbocycles. The van der Waals surface area contributed by atoms with E-state index in [0.29, 0.717) is 39.3 Å². The Hall–Kier alpha value is -1.51. The van der Waals surface area contributed by atoms with E-state index >= 15 is 0 Å². The lowest BCUT2D eigenvalue weighted by molar-refractivity contribution is -0.124. The van der Waals surface area contributed by atoms with Crippen LogP contribution in [0.2, 0.25) is 0 Å². The lowest BCUT2D eigenvalue weighted by Crippen LogP contribution is -2.44. The van der Waals surface area contributed by atoms with Gasteiger partial charge in [-0.25, -0.2) is 12.8 Å². The van der Waals surface area contributed by atoms with E-state index in [0.717, 1.165) is 5.56 Å². The molecule has 8 heteroatoms. The van der Waals surface area contributed by atoms with Crippen LogP contribution < -0.4 is 5.32 Å². The summed E-state index contributed by atoms with van der Waals surface area (Å²) in [7, 11) is -3.09. The maximum atomic E-state index is 13.6. The molecule has 2 aliphatic heterocycles. The second kappa shape index (κ2) is 7.80. The third-order valence-corrected chi connectivity index (χ3v) is 6.56. The molecule has 0 spiro atoms. The van der Waals surface area contributed by atoms with Crippen LogP contribution in [0.25, 0.3) is 0 Å². The van der Waals surface area contributed by atoms with E-state index in [2.05, 4.69) is 10.2 Å². The molecule has 3 rings (SSSR count). The van der Waals surface area contributed by atoms with Crippen molar-refractivity contribution < 1.29 is 22.3 Å². The van der Waals surface area contributed by atoms with Crippen molar-refractivity contribution in [2.75, 3.05) is 44.4 Å². The first kappa shape index (κ1) is 18.3. The smallest absolute Gasteiger partial charge is 0.224 e. The van der Waals surface area contributed by atoms with E-state index in [1.165, 1.54) is 12.1 Å². The zero-order valence-electron chi connectivity index (χ0n) is 14.0. The van der Waals surface area contributed by atoms with Crippen LogP contribution >= 0.6 is 0 Å². The summed E-state index contributed by atoms with van der Waals surface area (Å²) in [6.45, 7) is 2.92. The van der Waals surface area contributed by atoms with Crippen LogP contribution in [0.15, 0.2) is 24.3 Å². The van der Waals surface area contributed by atoms with E-state index in [4.69, 9.17) is 4.74 Å². The number of amides is 1. The van der Waals surface area contributed by atoms with Crippen molar-refractivity contribution in [1.29, 1.82) is 0 Å². The minimum Gasteiger partial charge on any atom is -0.379 e. The molecule has 0 bridgehead atoms. The number of morpholine rings is 1. The molecule has 2 atom stereocenters. The maximum absolute atomic E-state index is 13.6. The third-order valence-electron chi connectivity index (χ3n) is 4.79. The van der Waals surface area contributed by atoms with Crippen molar-refractivity contribution in [1.82, 2.24) is 10.2 Å². The van der Waals surface area contributed by atoms with E-state index in [9.17, 15) is 17.6 Å². The number of sulfone groups is 1. The van der Waals surface area contributed by atoms with Gasteiger partial charge in [0, 0.05) is 19.6 Å². The van der Waals surface area contributed by atoms with Gasteiger partial charge < -0.3 is 10.1 Å². The zero-order valence-corrected chi connectivity index (χ0v) is 14.8. The Balaban J connectivity index is 1.68. The van der Waals surface area contributed by atoms with Gasteiger partial charge in [-0.2, -0.15) is 0 Å². The molecular weight excluding hydrogens is 347 g/mol. The quantitative estimate of drug-likeness (QED) is 0.828. The summed E-state index contributed by atoms with van der Waals surface area (Å²) >= 11 is 0. The van der Waals surface area contributed by atoms with Crippen LogP contribution in [-0.4, -0.2) is 63.6 Å². The Kier molecular flexibility index (Phi) is 5.71. The van der Waals surface area contributed by atoms with Gasteiger partial charge in [-0.1, -0.05) is 12.1 Å². The van der Waals surface area contributed by atoms with Gasteiger partial charge in [0.05, 0.1) is 36.7 Å². The molecule has 0 saturated carbocycles. The van der Waals surface area contributed by atoms with E-state index in [1.54, 1.807) is 6.07 Å². The molecule has 2 heterocycles. The van der Waals surface area contributed by atoms with E-state index in [1.807, 2.05) is 6.07 Å². The van der Waals surface area contributed by atoms with Crippen molar-refractivity contribution in [3.8, 4) is 0 Å². The molecule has 0 aromatic heterocycles. The van der Waals surface area contributed by atoms with E-state index in [-0.39, 0.29) is 29.3 Å². The highest BCUT2D eigenvalue weighted by atomic mass is 32.2. The highest BCUT2D eigenvalue weighted by molar-refractivity contribution is 7.91. The number of hydrogen-bond acceptors (Lipinski definition) is 5. The SMILES string of the molecule is O=C(NCC(c1cccc(F)c1)N1CCOCC1)C1CCS(=O)(=O)C1. The van der Waals surface area contributed by atoms with Crippen molar-refractivity contribution in [2.45, 2.75) is 12.5 Å². The Morgan fingerprint density at radius 1 is 1.36 bits per heavy atom. The Labute approximate surface area is 147 Å². The average Bonchev–Trinajstić information content (AvgIpc) is 2.96. The first-order valence-electron chi connectivity index (χ1n) is 8.50. The maximum Gasteiger partial charge on any atom is 0.224 e. The van der Waals surface area contributed by atoms with Gasteiger partial charge in [0.1, 0.15) is 5.82 Å². The van der Waals surface area contributed by atoms with Crippen LogP contribution in [0.1, 0.15) is 18.0 Å². The number of ether oxygens (including phenoxy) is 1.